The first-order valence-electron chi connectivity index (χ1n) is 11.3. The van der Waals surface area contributed by atoms with E-state index >= 15 is 0 Å². The number of rotatable bonds is 4. The van der Waals surface area contributed by atoms with Crippen LogP contribution in [0.1, 0.15) is 25.0 Å². The van der Waals surface area contributed by atoms with Gasteiger partial charge in [-0.15, -0.1) is 0 Å². The lowest BCUT2D eigenvalue weighted by atomic mass is 10.1. The van der Waals surface area contributed by atoms with E-state index in [1.807, 2.05) is 4.57 Å². The molecule has 1 unspecified atom stereocenters. The Hall–Kier alpha value is -3.39. The first-order chi connectivity index (χ1) is 16.3. The number of aryl methyl sites for hydroxylation is 2. The van der Waals surface area contributed by atoms with Crippen molar-refractivity contribution in [1.29, 1.82) is 0 Å². The molecule has 0 spiro atoms. The van der Waals surface area contributed by atoms with Crippen molar-refractivity contribution >= 4 is 34.4 Å². The van der Waals surface area contributed by atoms with Gasteiger partial charge in [-0.3, -0.25) is 13.9 Å². The summed E-state index contributed by atoms with van der Waals surface area (Å²) in [7, 11) is 1.58. The van der Waals surface area contributed by atoms with Gasteiger partial charge in [-0.2, -0.15) is 4.98 Å². The number of aromatic nitrogens is 4. The van der Waals surface area contributed by atoms with E-state index in [0.29, 0.717) is 23.7 Å². The van der Waals surface area contributed by atoms with E-state index in [-0.39, 0.29) is 23.0 Å². The summed E-state index contributed by atoms with van der Waals surface area (Å²) in [5.74, 6) is 0.292. The third-order valence-electron chi connectivity index (χ3n) is 6.48. The van der Waals surface area contributed by atoms with E-state index in [0.717, 1.165) is 23.2 Å². The van der Waals surface area contributed by atoms with E-state index in [9.17, 15) is 14.0 Å². The van der Waals surface area contributed by atoms with Gasteiger partial charge in [0, 0.05) is 36.4 Å². The molecule has 5 rings (SSSR count). The van der Waals surface area contributed by atoms with Crippen LogP contribution < -0.4 is 16.1 Å². The molecule has 1 aliphatic heterocycles. The van der Waals surface area contributed by atoms with Gasteiger partial charge in [0.1, 0.15) is 5.82 Å². The highest BCUT2D eigenvalue weighted by atomic mass is 35.5. The first kappa shape index (κ1) is 22.4. The average molecular weight is 482 g/mol. The van der Waals surface area contributed by atoms with Gasteiger partial charge in [0.15, 0.2) is 11.2 Å². The van der Waals surface area contributed by atoms with Gasteiger partial charge in [-0.25, -0.2) is 9.18 Å². The lowest BCUT2D eigenvalue weighted by molar-refractivity contribution is 0.458. The summed E-state index contributed by atoms with van der Waals surface area (Å²) in [6.07, 6.45) is 0.947. The van der Waals surface area contributed by atoms with E-state index < -0.39 is 17.1 Å². The molecule has 0 saturated carbocycles. The van der Waals surface area contributed by atoms with Crippen LogP contribution in [0, 0.1) is 11.7 Å². The average Bonchev–Trinajstić information content (AvgIpc) is 3.21. The number of anilines is 2. The van der Waals surface area contributed by atoms with E-state index in [4.69, 9.17) is 16.6 Å². The summed E-state index contributed by atoms with van der Waals surface area (Å²) < 4.78 is 18.7. The highest BCUT2D eigenvalue weighted by Gasteiger charge is 2.30. The second-order valence-corrected chi connectivity index (χ2v) is 9.27. The minimum Gasteiger partial charge on any atom is -0.312 e. The van der Waals surface area contributed by atoms with E-state index in [2.05, 4.69) is 43.0 Å². The van der Waals surface area contributed by atoms with E-state index in [1.165, 1.54) is 28.3 Å². The standard InChI is InChI=1S/C25H25ClFN5O2/c1-4-16-8-10-17(11-9-16)30-12-15(2)13-31-21-22(28-24(30)31)29(3)25(34)32(23(21)33)14-18-19(26)6-5-7-20(18)27/h5-11,15H,4,12-14H2,1-3H3. The molecule has 0 fully saturated rings. The third-order valence-corrected chi connectivity index (χ3v) is 6.83. The van der Waals surface area contributed by atoms with Crippen molar-refractivity contribution < 1.29 is 4.39 Å². The largest absolute Gasteiger partial charge is 0.332 e. The van der Waals surface area contributed by atoms with Crippen LogP contribution in [-0.2, 0) is 26.6 Å². The normalized spacial score (nSPS) is 15.7. The van der Waals surface area contributed by atoms with Crippen LogP contribution in [0.2, 0.25) is 5.02 Å². The molecule has 176 valence electrons. The molecule has 0 saturated heterocycles. The highest BCUT2D eigenvalue weighted by Crippen LogP contribution is 2.33. The fourth-order valence-electron chi connectivity index (χ4n) is 4.62. The number of halogens is 2. The molecule has 2 aromatic carbocycles. The Balaban J connectivity index is 1.71. The van der Waals surface area contributed by atoms with Crippen molar-refractivity contribution in [2.24, 2.45) is 13.0 Å². The van der Waals surface area contributed by atoms with Crippen LogP contribution in [0.4, 0.5) is 16.0 Å². The van der Waals surface area contributed by atoms with Gasteiger partial charge in [-0.1, -0.05) is 43.6 Å². The van der Waals surface area contributed by atoms with Crippen LogP contribution >= 0.6 is 11.6 Å². The Morgan fingerprint density at radius 1 is 1.12 bits per heavy atom. The quantitative estimate of drug-likeness (QED) is 0.440. The SMILES string of the molecule is CCc1ccc(N2CC(C)Cn3c2nc2c3c(=O)n(Cc3c(F)cccc3Cl)c(=O)n2C)cc1. The zero-order chi connectivity index (χ0) is 24.1. The van der Waals surface area contributed by atoms with Gasteiger partial charge in [0.2, 0.25) is 5.95 Å². The van der Waals surface area contributed by atoms with E-state index in [1.54, 1.807) is 7.05 Å². The van der Waals surface area contributed by atoms with Crippen LogP contribution in [0.5, 0.6) is 0 Å². The number of hydrogen-bond acceptors (Lipinski definition) is 4. The maximum atomic E-state index is 14.4. The lowest BCUT2D eigenvalue weighted by Gasteiger charge is -2.33. The van der Waals surface area contributed by atoms with Gasteiger partial charge >= 0.3 is 5.69 Å². The molecule has 7 nitrogen and oxygen atoms in total. The number of nitrogens with zero attached hydrogens (tertiary/aromatic N) is 5. The molecular weight excluding hydrogens is 457 g/mol. The molecule has 1 atom stereocenters. The molecule has 2 aromatic heterocycles. The molecular formula is C25H25ClFN5O2. The van der Waals surface area contributed by atoms with Crippen molar-refractivity contribution in [1.82, 2.24) is 18.7 Å². The molecule has 0 bridgehead atoms. The van der Waals surface area contributed by atoms with Gasteiger partial charge in [-0.05, 0) is 42.2 Å². The van der Waals surface area contributed by atoms with Crippen molar-refractivity contribution in [3.05, 3.63) is 85.3 Å². The zero-order valence-electron chi connectivity index (χ0n) is 19.3. The van der Waals surface area contributed by atoms with Gasteiger partial charge in [0.05, 0.1) is 6.54 Å². The number of imidazole rings is 1. The topological polar surface area (TPSA) is 65.1 Å². The van der Waals surface area contributed by atoms with Crippen LogP contribution in [0.15, 0.2) is 52.1 Å². The molecule has 0 aliphatic carbocycles. The Kier molecular flexibility index (Phi) is 5.56. The maximum Gasteiger partial charge on any atom is 0.332 e. The lowest BCUT2D eigenvalue weighted by Crippen LogP contribution is -2.40. The van der Waals surface area contributed by atoms with Crippen LogP contribution in [-0.4, -0.2) is 25.2 Å². The third kappa shape index (κ3) is 3.53. The number of fused-ring (bicyclic) bond motifs is 3. The number of benzene rings is 2. The summed E-state index contributed by atoms with van der Waals surface area (Å²) in [6.45, 7) is 5.29. The first-order valence-corrected chi connectivity index (χ1v) is 11.7. The summed E-state index contributed by atoms with van der Waals surface area (Å²) >= 11 is 6.18. The summed E-state index contributed by atoms with van der Waals surface area (Å²) in [5.41, 5.74) is 1.87. The second kappa shape index (κ2) is 8.43. The Morgan fingerprint density at radius 2 is 1.85 bits per heavy atom. The van der Waals surface area contributed by atoms with Crippen molar-refractivity contribution in [2.75, 3.05) is 11.4 Å². The summed E-state index contributed by atoms with van der Waals surface area (Å²) in [5, 5.41) is 0.166. The predicted octanol–water partition coefficient (Wildman–Crippen LogP) is 4.09. The molecule has 0 amide bonds. The highest BCUT2D eigenvalue weighted by molar-refractivity contribution is 6.31. The molecule has 3 heterocycles. The summed E-state index contributed by atoms with van der Waals surface area (Å²) in [4.78, 5) is 33.5. The van der Waals surface area contributed by atoms with Crippen LogP contribution in [0.3, 0.4) is 0 Å². The molecule has 4 aromatic rings. The maximum absolute atomic E-state index is 14.4. The second-order valence-electron chi connectivity index (χ2n) is 8.86. The van der Waals surface area contributed by atoms with Crippen molar-refractivity contribution in [2.45, 2.75) is 33.4 Å². The minimum atomic E-state index is -0.570. The molecule has 0 N–H and O–H groups in total. The fourth-order valence-corrected chi connectivity index (χ4v) is 4.84. The molecule has 9 heteroatoms. The Bertz CT molecular complexity index is 1500. The smallest absolute Gasteiger partial charge is 0.312 e. The molecule has 1 aliphatic rings. The van der Waals surface area contributed by atoms with Gasteiger partial charge in [0.25, 0.3) is 5.56 Å². The fraction of sp³-hybridized carbons (Fsp3) is 0.320. The van der Waals surface area contributed by atoms with Crippen LogP contribution in [0.25, 0.3) is 11.2 Å². The van der Waals surface area contributed by atoms with Crippen molar-refractivity contribution in [3.8, 4) is 0 Å². The monoisotopic (exact) mass is 481 g/mol. The summed E-state index contributed by atoms with van der Waals surface area (Å²) in [6, 6.07) is 12.6. The molecule has 34 heavy (non-hydrogen) atoms. The Morgan fingerprint density at radius 3 is 2.53 bits per heavy atom. The van der Waals surface area contributed by atoms with Gasteiger partial charge < -0.3 is 9.47 Å². The Labute approximate surface area is 200 Å². The zero-order valence-corrected chi connectivity index (χ0v) is 20.0. The van der Waals surface area contributed by atoms with Crippen molar-refractivity contribution in [3.63, 3.8) is 0 Å². The predicted molar refractivity (Wildman–Crippen MR) is 132 cm³/mol. The minimum absolute atomic E-state index is 0.104. The number of hydrogen-bond donors (Lipinski definition) is 0. The molecule has 0 radical (unpaired) electrons.